The van der Waals surface area contributed by atoms with Crippen LogP contribution in [0, 0.1) is 16.0 Å². The minimum atomic E-state index is -5.07. The van der Waals surface area contributed by atoms with Gasteiger partial charge in [0.2, 0.25) is 5.91 Å². The van der Waals surface area contributed by atoms with E-state index in [4.69, 9.17) is 9.47 Å². The van der Waals surface area contributed by atoms with E-state index in [-0.39, 0.29) is 49.8 Å². The number of aliphatic hydroxyl groups excluding tert-OH is 1. The standard InChI is InChI=1S/C36H40F3N5O7/c1-23-31(21-41-16-18-42(19-17-41)28-11-13-29(14-12-28)44(48)49)50-34(51-32(23)25-9-7-24(22-45)8-10-25)26-4-2-5-27(20-26)40-33(46)30-6-3-15-43(30)35(47)36(37,38)39/h2,4-5,7-14,20,23,30-32,34,45H,3,6,15-19,21-22H2,1H3,(H,40,46). The summed E-state index contributed by atoms with van der Waals surface area (Å²) in [6.45, 7) is 5.34. The fourth-order valence-electron chi connectivity index (χ4n) is 6.99. The summed E-state index contributed by atoms with van der Waals surface area (Å²) in [5, 5.41) is 23.3. The third kappa shape index (κ3) is 8.33. The Morgan fingerprint density at radius 3 is 2.31 bits per heavy atom. The number of nitro benzene ring substituents is 1. The lowest BCUT2D eigenvalue weighted by molar-refractivity contribution is -0.384. The molecule has 3 aliphatic heterocycles. The molecule has 3 fully saturated rings. The SMILES string of the molecule is CC1C(CN2CCN(c3ccc([N+](=O)[O-])cc3)CC2)OC(c2cccc(NC(=O)C3CCCN3C(=O)C(F)(F)F)c2)OC1c1ccc(CO)cc1. The van der Waals surface area contributed by atoms with Crippen molar-refractivity contribution in [3.8, 4) is 0 Å². The molecule has 0 radical (unpaired) electrons. The summed E-state index contributed by atoms with van der Waals surface area (Å²) in [5.41, 5.74) is 3.56. The Bertz CT molecular complexity index is 1700. The normalized spacial score (nSPS) is 24.4. The second-order valence-electron chi connectivity index (χ2n) is 13.2. The molecule has 51 heavy (non-hydrogen) atoms. The summed E-state index contributed by atoms with van der Waals surface area (Å²) in [6.07, 6.45) is -6.17. The van der Waals surface area contributed by atoms with Gasteiger partial charge in [-0.3, -0.25) is 24.6 Å². The summed E-state index contributed by atoms with van der Waals surface area (Å²) in [5.74, 6) is -2.81. The Kier molecular flexibility index (Phi) is 10.9. The van der Waals surface area contributed by atoms with E-state index < -0.39 is 35.2 Å². The Labute approximate surface area is 292 Å². The minimum absolute atomic E-state index is 0.0453. The van der Waals surface area contributed by atoms with Crippen LogP contribution < -0.4 is 10.2 Å². The number of benzene rings is 3. The average Bonchev–Trinajstić information content (AvgIpc) is 3.62. The van der Waals surface area contributed by atoms with Gasteiger partial charge in [-0.25, -0.2) is 0 Å². The summed E-state index contributed by atoms with van der Waals surface area (Å²) in [4.78, 5) is 40.8. The molecule has 272 valence electrons. The first-order chi connectivity index (χ1) is 24.4. The van der Waals surface area contributed by atoms with Crippen LogP contribution in [0.5, 0.6) is 0 Å². The number of amides is 2. The van der Waals surface area contributed by atoms with Gasteiger partial charge in [-0.2, -0.15) is 13.2 Å². The number of alkyl halides is 3. The van der Waals surface area contributed by atoms with Crippen LogP contribution in [0.1, 0.15) is 48.8 Å². The monoisotopic (exact) mass is 711 g/mol. The third-order valence-electron chi connectivity index (χ3n) is 9.84. The van der Waals surface area contributed by atoms with Crippen molar-refractivity contribution >= 4 is 28.9 Å². The van der Waals surface area contributed by atoms with E-state index in [1.807, 2.05) is 24.3 Å². The zero-order chi connectivity index (χ0) is 36.3. The number of rotatable bonds is 9. The van der Waals surface area contributed by atoms with Crippen molar-refractivity contribution in [2.75, 3.05) is 49.5 Å². The van der Waals surface area contributed by atoms with Gasteiger partial charge in [0.05, 0.1) is 23.7 Å². The molecule has 0 saturated carbocycles. The number of carbonyl (C=O) groups is 2. The summed E-state index contributed by atoms with van der Waals surface area (Å²) in [7, 11) is 0. The molecule has 3 saturated heterocycles. The Hall–Kier alpha value is -4.57. The molecule has 3 aromatic carbocycles. The smallest absolute Gasteiger partial charge is 0.392 e. The lowest BCUT2D eigenvalue weighted by atomic mass is 9.90. The number of aliphatic hydroxyl groups is 1. The van der Waals surface area contributed by atoms with E-state index in [1.54, 1.807) is 36.4 Å². The molecule has 3 aliphatic rings. The molecule has 2 amide bonds. The molecule has 3 heterocycles. The minimum Gasteiger partial charge on any atom is -0.392 e. The number of hydrogen-bond donors (Lipinski definition) is 2. The molecule has 12 nitrogen and oxygen atoms in total. The number of nitro groups is 1. The highest BCUT2D eigenvalue weighted by Crippen LogP contribution is 2.42. The van der Waals surface area contributed by atoms with Crippen molar-refractivity contribution in [3.05, 3.63) is 99.6 Å². The van der Waals surface area contributed by atoms with Gasteiger partial charge in [0.15, 0.2) is 6.29 Å². The Morgan fingerprint density at radius 1 is 0.961 bits per heavy atom. The molecular weight excluding hydrogens is 671 g/mol. The van der Waals surface area contributed by atoms with Gasteiger partial charge in [-0.15, -0.1) is 0 Å². The fraction of sp³-hybridized carbons (Fsp3) is 0.444. The quantitative estimate of drug-likeness (QED) is 0.227. The fourth-order valence-corrected chi connectivity index (χ4v) is 6.99. The van der Waals surface area contributed by atoms with Crippen molar-refractivity contribution in [1.29, 1.82) is 0 Å². The van der Waals surface area contributed by atoms with Crippen LogP contribution >= 0.6 is 0 Å². The molecule has 0 aliphatic carbocycles. The maximum atomic E-state index is 13.2. The lowest BCUT2D eigenvalue weighted by Gasteiger charge is -2.44. The van der Waals surface area contributed by atoms with Crippen LogP contribution in [-0.2, 0) is 25.7 Å². The number of piperazine rings is 1. The van der Waals surface area contributed by atoms with Crippen LogP contribution in [0.2, 0.25) is 0 Å². The van der Waals surface area contributed by atoms with Crippen LogP contribution in [0.3, 0.4) is 0 Å². The predicted molar refractivity (Wildman–Crippen MR) is 181 cm³/mol. The highest BCUT2D eigenvalue weighted by Gasteiger charge is 2.48. The second kappa shape index (κ2) is 15.4. The van der Waals surface area contributed by atoms with Crippen LogP contribution in [-0.4, -0.2) is 89.2 Å². The largest absolute Gasteiger partial charge is 0.471 e. The number of non-ortho nitro benzene ring substituents is 1. The maximum Gasteiger partial charge on any atom is 0.471 e. The maximum absolute atomic E-state index is 13.2. The second-order valence-corrected chi connectivity index (χ2v) is 13.2. The Balaban J connectivity index is 1.17. The van der Waals surface area contributed by atoms with Gasteiger partial charge >= 0.3 is 12.1 Å². The summed E-state index contributed by atoms with van der Waals surface area (Å²) < 4.78 is 52.6. The van der Waals surface area contributed by atoms with Crippen molar-refractivity contribution in [2.24, 2.45) is 5.92 Å². The first kappa shape index (κ1) is 36.2. The molecule has 2 N–H and O–H groups in total. The highest BCUT2D eigenvalue weighted by molar-refractivity contribution is 5.98. The number of carbonyl (C=O) groups excluding carboxylic acids is 2. The number of halogens is 3. The summed E-state index contributed by atoms with van der Waals surface area (Å²) >= 11 is 0. The van der Waals surface area contributed by atoms with Gasteiger partial charge in [-0.1, -0.05) is 43.3 Å². The van der Waals surface area contributed by atoms with E-state index >= 15 is 0 Å². The molecule has 0 spiro atoms. The highest BCUT2D eigenvalue weighted by atomic mass is 19.4. The first-order valence-electron chi connectivity index (χ1n) is 16.9. The molecule has 3 aromatic rings. The van der Waals surface area contributed by atoms with E-state index in [9.17, 15) is 38.0 Å². The molecule has 0 bridgehead atoms. The molecule has 5 atom stereocenters. The van der Waals surface area contributed by atoms with Crippen LogP contribution in [0.25, 0.3) is 0 Å². The number of nitrogens with one attached hydrogen (secondary N) is 1. The first-order valence-corrected chi connectivity index (χ1v) is 16.9. The predicted octanol–water partition coefficient (Wildman–Crippen LogP) is 5.19. The molecule has 15 heteroatoms. The van der Waals surface area contributed by atoms with Gasteiger partial charge in [0.1, 0.15) is 6.04 Å². The van der Waals surface area contributed by atoms with E-state index in [2.05, 4.69) is 22.0 Å². The molecular formula is C36H40F3N5O7. The van der Waals surface area contributed by atoms with E-state index in [1.165, 1.54) is 12.1 Å². The zero-order valence-electron chi connectivity index (χ0n) is 28.0. The van der Waals surface area contributed by atoms with Crippen molar-refractivity contribution in [1.82, 2.24) is 9.80 Å². The number of likely N-dealkylation sites (tertiary alicyclic amines) is 1. The Morgan fingerprint density at radius 2 is 1.67 bits per heavy atom. The van der Waals surface area contributed by atoms with Gasteiger partial charge in [0.25, 0.3) is 5.69 Å². The van der Waals surface area contributed by atoms with E-state index in [0.717, 1.165) is 43.0 Å². The number of hydrogen-bond acceptors (Lipinski definition) is 9. The lowest BCUT2D eigenvalue weighted by Crippen LogP contribution is -2.51. The van der Waals surface area contributed by atoms with Crippen molar-refractivity contribution in [3.63, 3.8) is 0 Å². The molecule has 0 aromatic heterocycles. The van der Waals surface area contributed by atoms with Gasteiger partial charge in [-0.05, 0) is 48.2 Å². The zero-order valence-corrected chi connectivity index (χ0v) is 28.0. The van der Waals surface area contributed by atoms with Crippen LogP contribution in [0.4, 0.5) is 30.2 Å². The molecule has 6 rings (SSSR count). The topological polar surface area (TPSA) is 138 Å². The number of anilines is 2. The molecule has 5 unspecified atom stereocenters. The van der Waals surface area contributed by atoms with Crippen molar-refractivity contribution < 1.29 is 42.3 Å². The van der Waals surface area contributed by atoms with Crippen molar-refractivity contribution in [2.45, 2.75) is 57.1 Å². The van der Waals surface area contributed by atoms with Gasteiger partial charge in [0, 0.05) is 74.3 Å². The van der Waals surface area contributed by atoms with Crippen LogP contribution in [0.15, 0.2) is 72.8 Å². The third-order valence-corrected chi connectivity index (χ3v) is 9.84. The van der Waals surface area contributed by atoms with Gasteiger partial charge < -0.3 is 29.7 Å². The summed E-state index contributed by atoms with van der Waals surface area (Å²) in [6, 6.07) is 19.6. The number of nitrogens with zero attached hydrogens (tertiary/aromatic N) is 4. The average molecular weight is 712 g/mol. The number of ether oxygens (including phenoxy) is 2. The van der Waals surface area contributed by atoms with E-state index in [0.29, 0.717) is 22.7 Å².